The van der Waals surface area contributed by atoms with Gasteiger partial charge in [0.05, 0.1) is 0 Å². The molecule has 1 saturated heterocycles. The van der Waals surface area contributed by atoms with Crippen molar-refractivity contribution in [3.05, 3.63) is 72.3 Å². The summed E-state index contributed by atoms with van der Waals surface area (Å²) < 4.78 is 0. The Morgan fingerprint density at radius 3 is 2.04 bits per heavy atom. The van der Waals surface area contributed by atoms with Crippen LogP contribution in [0.2, 0.25) is 0 Å². The summed E-state index contributed by atoms with van der Waals surface area (Å²) in [7, 11) is 0. The van der Waals surface area contributed by atoms with Crippen LogP contribution < -0.4 is 4.90 Å². The van der Waals surface area contributed by atoms with Gasteiger partial charge in [0.1, 0.15) is 0 Å². The highest BCUT2D eigenvalue weighted by atomic mass is 16.2. The summed E-state index contributed by atoms with van der Waals surface area (Å²) in [6, 6.07) is 20.4. The zero-order chi connectivity index (χ0) is 16.1. The fraction of sp³-hybridized carbons (Fsp3) is 0.250. The van der Waals surface area contributed by atoms with E-state index in [1.807, 2.05) is 48.2 Å². The predicted octanol–water partition coefficient (Wildman–Crippen LogP) is 3.44. The van der Waals surface area contributed by atoms with E-state index in [1.165, 1.54) is 5.69 Å². The molecule has 0 N–H and O–H groups in total. The Morgan fingerprint density at radius 2 is 1.43 bits per heavy atom. The van der Waals surface area contributed by atoms with E-state index in [0.717, 1.165) is 37.3 Å². The topological polar surface area (TPSA) is 23.6 Å². The molecule has 118 valence electrons. The third-order valence-electron chi connectivity index (χ3n) is 4.28. The Bertz CT molecular complexity index is 671. The van der Waals surface area contributed by atoms with Crippen molar-refractivity contribution in [2.45, 2.75) is 6.92 Å². The van der Waals surface area contributed by atoms with Crippen molar-refractivity contribution in [1.29, 1.82) is 0 Å². The van der Waals surface area contributed by atoms with Crippen LogP contribution >= 0.6 is 0 Å². The Hall–Kier alpha value is -2.55. The molecule has 3 rings (SSSR count). The summed E-state index contributed by atoms with van der Waals surface area (Å²) in [5.74, 6) is 0.110. The molecule has 2 aromatic carbocycles. The smallest absolute Gasteiger partial charge is 0.246 e. The number of carbonyl (C=O) groups excluding carboxylic acids is 1. The zero-order valence-electron chi connectivity index (χ0n) is 13.5. The van der Waals surface area contributed by atoms with E-state index < -0.39 is 0 Å². The average molecular weight is 306 g/mol. The van der Waals surface area contributed by atoms with Crippen molar-refractivity contribution < 1.29 is 4.79 Å². The lowest BCUT2D eigenvalue weighted by Gasteiger charge is -2.35. The van der Waals surface area contributed by atoms with E-state index in [1.54, 1.807) is 6.08 Å². The zero-order valence-corrected chi connectivity index (χ0v) is 13.5. The highest BCUT2D eigenvalue weighted by Gasteiger charge is 2.20. The minimum absolute atomic E-state index is 0.110. The molecule has 23 heavy (non-hydrogen) atoms. The summed E-state index contributed by atoms with van der Waals surface area (Å²) in [6.45, 7) is 5.30. The van der Waals surface area contributed by atoms with Crippen LogP contribution in [0.1, 0.15) is 12.5 Å². The summed E-state index contributed by atoms with van der Waals surface area (Å²) in [4.78, 5) is 16.7. The number of amides is 1. The van der Waals surface area contributed by atoms with E-state index in [4.69, 9.17) is 0 Å². The summed E-state index contributed by atoms with van der Waals surface area (Å²) >= 11 is 0. The van der Waals surface area contributed by atoms with Gasteiger partial charge in [-0.05, 0) is 30.2 Å². The fourth-order valence-electron chi connectivity index (χ4n) is 2.88. The second-order valence-corrected chi connectivity index (χ2v) is 5.84. The number of rotatable bonds is 3. The van der Waals surface area contributed by atoms with Gasteiger partial charge in [-0.15, -0.1) is 0 Å². The Balaban J connectivity index is 1.60. The number of para-hydroxylation sites is 1. The van der Waals surface area contributed by atoms with Gasteiger partial charge in [0, 0.05) is 37.9 Å². The first kappa shape index (κ1) is 15.3. The molecule has 1 heterocycles. The van der Waals surface area contributed by atoms with Crippen molar-refractivity contribution in [2.75, 3.05) is 31.1 Å². The maximum absolute atomic E-state index is 12.5. The molecule has 0 spiro atoms. The quantitative estimate of drug-likeness (QED) is 0.811. The van der Waals surface area contributed by atoms with Gasteiger partial charge >= 0.3 is 0 Å². The maximum atomic E-state index is 12.5. The lowest BCUT2D eigenvalue weighted by Crippen LogP contribution is -2.48. The molecule has 1 aliphatic rings. The van der Waals surface area contributed by atoms with Crippen LogP contribution in [0.4, 0.5) is 5.69 Å². The van der Waals surface area contributed by atoms with Gasteiger partial charge in [0.2, 0.25) is 5.91 Å². The third-order valence-corrected chi connectivity index (χ3v) is 4.28. The predicted molar refractivity (Wildman–Crippen MR) is 95.3 cm³/mol. The molecular weight excluding hydrogens is 284 g/mol. The maximum Gasteiger partial charge on any atom is 0.246 e. The second-order valence-electron chi connectivity index (χ2n) is 5.84. The standard InChI is InChI=1S/C20H22N2O/c1-17(18-8-4-2-5-9-18)16-20(23)22-14-12-21(13-15-22)19-10-6-3-7-11-19/h2-11,16H,12-15H2,1H3/b17-16+. The first-order chi connectivity index (χ1) is 11.2. The van der Waals surface area contributed by atoms with Crippen LogP contribution in [0.3, 0.4) is 0 Å². The fourth-order valence-corrected chi connectivity index (χ4v) is 2.88. The first-order valence-electron chi connectivity index (χ1n) is 8.06. The van der Waals surface area contributed by atoms with E-state index in [9.17, 15) is 4.79 Å². The molecule has 3 nitrogen and oxygen atoms in total. The Morgan fingerprint density at radius 1 is 0.870 bits per heavy atom. The van der Waals surface area contributed by atoms with Gasteiger partial charge in [0.25, 0.3) is 0 Å². The molecule has 1 aliphatic heterocycles. The molecule has 2 aromatic rings. The van der Waals surface area contributed by atoms with Gasteiger partial charge in [-0.3, -0.25) is 4.79 Å². The number of piperazine rings is 1. The minimum Gasteiger partial charge on any atom is -0.368 e. The lowest BCUT2D eigenvalue weighted by atomic mass is 10.1. The number of nitrogens with zero attached hydrogens (tertiary/aromatic N) is 2. The van der Waals surface area contributed by atoms with E-state index >= 15 is 0 Å². The summed E-state index contributed by atoms with van der Waals surface area (Å²) in [5.41, 5.74) is 3.35. The molecule has 0 aromatic heterocycles. The van der Waals surface area contributed by atoms with Crippen molar-refractivity contribution in [3.63, 3.8) is 0 Å². The Labute approximate surface area is 137 Å². The van der Waals surface area contributed by atoms with Gasteiger partial charge in [-0.1, -0.05) is 48.5 Å². The van der Waals surface area contributed by atoms with E-state index in [0.29, 0.717) is 0 Å². The van der Waals surface area contributed by atoms with E-state index in [-0.39, 0.29) is 5.91 Å². The second kappa shape index (κ2) is 7.14. The molecular formula is C20H22N2O. The number of hydrogen-bond acceptors (Lipinski definition) is 2. The molecule has 0 bridgehead atoms. The average Bonchev–Trinajstić information content (AvgIpc) is 2.63. The SMILES string of the molecule is C/C(=C\C(=O)N1CCN(c2ccccc2)CC1)c1ccccc1. The molecule has 0 aliphatic carbocycles. The first-order valence-corrected chi connectivity index (χ1v) is 8.06. The lowest BCUT2D eigenvalue weighted by molar-refractivity contribution is -0.126. The molecule has 0 radical (unpaired) electrons. The molecule has 0 unspecified atom stereocenters. The highest BCUT2D eigenvalue weighted by molar-refractivity contribution is 5.95. The van der Waals surface area contributed by atoms with Crippen LogP contribution in [0.25, 0.3) is 5.57 Å². The van der Waals surface area contributed by atoms with Gasteiger partial charge < -0.3 is 9.80 Å². The molecule has 0 atom stereocenters. The third kappa shape index (κ3) is 3.81. The molecule has 0 saturated carbocycles. The van der Waals surface area contributed by atoms with Crippen LogP contribution in [0.5, 0.6) is 0 Å². The molecule has 3 heteroatoms. The monoisotopic (exact) mass is 306 g/mol. The molecule has 1 fully saturated rings. The summed E-state index contributed by atoms with van der Waals surface area (Å²) in [5, 5.41) is 0. The minimum atomic E-state index is 0.110. The highest BCUT2D eigenvalue weighted by Crippen LogP contribution is 2.17. The molecule has 1 amide bonds. The van der Waals surface area contributed by atoms with Crippen molar-refractivity contribution >= 4 is 17.2 Å². The number of anilines is 1. The normalized spacial score (nSPS) is 15.6. The largest absolute Gasteiger partial charge is 0.368 e. The van der Waals surface area contributed by atoms with Gasteiger partial charge in [-0.25, -0.2) is 0 Å². The van der Waals surface area contributed by atoms with Crippen molar-refractivity contribution in [3.8, 4) is 0 Å². The number of hydrogen-bond donors (Lipinski definition) is 0. The number of benzene rings is 2. The van der Waals surface area contributed by atoms with Crippen molar-refractivity contribution in [2.24, 2.45) is 0 Å². The van der Waals surface area contributed by atoms with Gasteiger partial charge in [0.15, 0.2) is 0 Å². The summed E-state index contributed by atoms with van der Waals surface area (Å²) in [6.07, 6.45) is 1.76. The van der Waals surface area contributed by atoms with Crippen molar-refractivity contribution in [1.82, 2.24) is 4.90 Å². The van der Waals surface area contributed by atoms with Crippen LogP contribution in [-0.2, 0) is 4.79 Å². The number of allylic oxidation sites excluding steroid dienone is 1. The number of carbonyl (C=O) groups is 1. The van der Waals surface area contributed by atoms with Crippen LogP contribution in [0, 0.1) is 0 Å². The van der Waals surface area contributed by atoms with Crippen LogP contribution in [0.15, 0.2) is 66.7 Å². The van der Waals surface area contributed by atoms with E-state index in [2.05, 4.69) is 29.2 Å². The van der Waals surface area contributed by atoms with Crippen LogP contribution in [-0.4, -0.2) is 37.0 Å². The van der Waals surface area contributed by atoms with Gasteiger partial charge in [-0.2, -0.15) is 0 Å². The Kier molecular flexibility index (Phi) is 4.77.